The second-order valence-electron chi connectivity index (χ2n) is 4.35. The molecule has 0 aliphatic heterocycles. The molecule has 0 aliphatic rings. The van der Waals surface area contributed by atoms with Crippen LogP contribution in [0.4, 0.5) is 0 Å². The van der Waals surface area contributed by atoms with Crippen LogP contribution in [0, 0.1) is 6.92 Å². The van der Waals surface area contributed by atoms with Crippen LogP contribution < -0.4 is 5.73 Å². The van der Waals surface area contributed by atoms with Crippen LogP contribution in [0.2, 0.25) is 0 Å². The Kier molecular flexibility index (Phi) is 2.52. The minimum absolute atomic E-state index is 0.439. The van der Waals surface area contributed by atoms with Crippen molar-refractivity contribution >= 4 is 16.8 Å². The molecule has 19 heavy (non-hydrogen) atoms. The molecule has 0 unspecified atom stereocenters. The lowest BCUT2D eigenvalue weighted by Gasteiger charge is -2.01. The smallest absolute Gasteiger partial charge is 0.250 e. The highest BCUT2D eigenvalue weighted by Crippen LogP contribution is 2.32. The summed E-state index contributed by atoms with van der Waals surface area (Å²) in [5.41, 5.74) is 9.60. The Balaban J connectivity index is 2.36. The van der Waals surface area contributed by atoms with Crippen molar-refractivity contribution in [3.63, 3.8) is 0 Å². The van der Waals surface area contributed by atoms with E-state index in [9.17, 15) is 4.79 Å². The second kappa shape index (κ2) is 4.20. The molecule has 5 nitrogen and oxygen atoms in total. The molecule has 0 spiro atoms. The summed E-state index contributed by atoms with van der Waals surface area (Å²) < 4.78 is 0. The van der Waals surface area contributed by atoms with Gasteiger partial charge in [-0.3, -0.25) is 4.79 Å². The molecule has 94 valence electrons. The average Bonchev–Trinajstić information content (AvgIpc) is 2.75. The average molecular weight is 252 g/mol. The summed E-state index contributed by atoms with van der Waals surface area (Å²) in [5, 5.41) is 8.63. The number of hydrogen-bond donors (Lipinski definition) is 2. The van der Waals surface area contributed by atoms with E-state index in [1.165, 1.54) is 0 Å². The number of aryl methyl sites for hydroxylation is 1. The molecule has 5 heteroatoms. The van der Waals surface area contributed by atoms with Crippen LogP contribution in [0.3, 0.4) is 0 Å². The van der Waals surface area contributed by atoms with E-state index < -0.39 is 5.91 Å². The molecule has 0 saturated carbocycles. The highest BCUT2D eigenvalue weighted by Gasteiger charge is 2.15. The Bertz CT molecular complexity index is 762. The number of para-hydroxylation sites is 1. The molecule has 0 fully saturated rings. The van der Waals surface area contributed by atoms with Gasteiger partial charge in [-0.2, -0.15) is 10.2 Å². The molecule has 0 radical (unpaired) electrons. The van der Waals surface area contributed by atoms with E-state index in [-0.39, 0.29) is 0 Å². The maximum Gasteiger partial charge on any atom is 0.250 e. The summed E-state index contributed by atoms with van der Waals surface area (Å²) in [4.78, 5) is 14.7. The van der Waals surface area contributed by atoms with Crippen molar-refractivity contribution < 1.29 is 4.79 Å². The van der Waals surface area contributed by atoms with E-state index in [0.29, 0.717) is 5.56 Å². The minimum atomic E-state index is -0.439. The number of aromatic amines is 1. The van der Waals surface area contributed by atoms with Crippen molar-refractivity contribution in [2.24, 2.45) is 5.73 Å². The lowest BCUT2D eigenvalue weighted by molar-refractivity contribution is 0.100. The fourth-order valence-electron chi connectivity index (χ4n) is 2.36. The number of fused-ring (bicyclic) bond motifs is 1. The zero-order valence-electron chi connectivity index (χ0n) is 10.3. The molecule has 1 amide bonds. The van der Waals surface area contributed by atoms with E-state index >= 15 is 0 Å². The molecule has 0 saturated heterocycles. The van der Waals surface area contributed by atoms with Crippen molar-refractivity contribution in [2.45, 2.75) is 6.92 Å². The van der Waals surface area contributed by atoms with Gasteiger partial charge < -0.3 is 10.7 Å². The number of benzene rings is 1. The first-order valence-corrected chi connectivity index (χ1v) is 5.86. The van der Waals surface area contributed by atoms with Crippen LogP contribution in [0.5, 0.6) is 0 Å². The van der Waals surface area contributed by atoms with E-state index in [2.05, 4.69) is 15.2 Å². The third kappa shape index (κ3) is 1.76. The molecular formula is C14H12N4O. The predicted octanol–water partition coefficient (Wildman–Crippen LogP) is 2.03. The molecular weight excluding hydrogens is 240 g/mol. The van der Waals surface area contributed by atoms with Gasteiger partial charge >= 0.3 is 0 Å². The molecule has 2 aromatic heterocycles. The number of aromatic nitrogens is 3. The molecule has 3 N–H and O–H groups in total. The van der Waals surface area contributed by atoms with Gasteiger partial charge in [0.1, 0.15) is 0 Å². The zero-order valence-corrected chi connectivity index (χ0v) is 10.3. The predicted molar refractivity (Wildman–Crippen MR) is 72.6 cm³/mol. The highest BCUT2D eigenvalue weighted by molar-refractivity contribution is 6.09. The number of hydrogen-bond acceptors (Lipinski definition) is 3. The number of nitrogens with zero attached hydrogens (tertiary/aromatic N) is 2. The molecule has 0 aliphatic carbocycles. The van der Waals surface area contributed by atoms with Gasteiger partial charge in [0.2, 0.25) is 0 Å². The molecule has 3 rings (SSSR count). The van der Waals surface area contributed by atoms with Crippen molar-refractivity contribution in [3.05, 3.63) is 47.9 Å². The lowest BCUT2D eigenvalue weighted by atomic mass is 10.0. The standard InChI is InChI=1S/C14H12N4O/c1-8-12(9-5-6-16-17-7-9)10-3-2-4-11(14(15)19)13(10)18-8/h2-7,18H,1H3,(H2,15,19). The summed E-state index contributed by atoms with van der Waals surface area (Å²) in [5.74, 6) is -0.439. The Morgan fingerprint density at radius 1 is 1.26 bits per heavy atom. The Morgan fingerprint density at radius 3 is 2.79 bits per heavy atom. The minimum Gasteiger partial charge on any atom is -0.366 e. The van der Waals surface area contributed by atoms with E-state index in [1.54, 1.807) is 18.5 Å². The number of amides is 1. The van der Waals surface area contributed by atoms with Crippen LogP contribution in [-0.4, -0.2) is 21.1 Å². The first-order valence-electron chi connectivity index (χ1n) is 5.86. The maximum atomic E-state index is 11.5. The Hall–Kier alpha value is -2.69. The third-order valence-corrected chi connectivity index (χ3v) is 3.16. The van der Waals surface area contributed by atoms with Gasteiger partial charge in [0.25, 0.3) is 5.91 Å². The van der Waals surface area contributed by atoms with Gasteiger partial charge in [0, 0.05) is 22.2 Å². The van der Waals surface area contributed by atoms with Crippen molar-refractivity contribution in [3.8, 4) is 11.1 Å². The second-order valence-corrected chi connectivity index (χ2v) is 4.35. The fraction of sp³-hybridized carbons (Fsp3) is 0.0714. The monoisotopic (exact) mass is 252 g/mol. The molecule has 0 atom stereocenters. The van der Waals surface area contributed by atoms with Crippen molar-refractivity contribution in [2.75, 3.05) is 0 Å². The van der Waals surface area contributed by atoms with Crippen molar-refractivity contribution in [1.29, 1.82) is 0 Å². The largest absolute Gasteiger partial charge is 0.366 e. The molecule has 0 bridgehead atoms. The summed E-state index contributed by atoms with van der Waals surface area (Å²) >= 11 is 0. The maximum absolute atomic E-state index is 11.5. The SMILES string of the molecule is Cc1[nH]c2c(C(N)=O)cccc2c1-c1ccnnc1. The summed E-state index contributed by atoms with van der Waals surface area (Å²) in [6.07, 6.45) is 3.35. The number of nitrogens with two attached hydrogens (primary N) is 1. The van der Waals surface area contributed by atoms with Crippen LogP contribution in [0.15, 0.2) is 36.7 Å². The van der Waals surface area contributed by atoms with E-state index in [4.69, 9.17) is 5.73 Å². The number of carbonyl (C=O) groups is 1. The molecule has 2 heterocycles. The quantitative estimate of drug-likeness (QED) is 0.731. The first-order chi connectivity index (χ1) is 9.18. The third-order valence-electron chi connectivity index (χ3n) is 3.16. The summed E-state index contributed by atoms with van der Waals surface area (Å²) in [6, 6.07) is 7.39. The van der Waals surface area contributed by atoms with Gasteiger partial charge in [-0.05, 0) is 19.1 Å². The van der Waals surface area contributed by atoms with Gasteiger partial charge in [0.15, 0.2) is 0 Å². The first kappa shape index (κ1) is 11.4. The Labute approximate surface area is 109 Å². The van der Waals surface area contributed by atoms with Crippen LogP contribution in [-0.2, 0) is 0 Å². The van der Waals surface area contributed by atoms with Crippen LogP contribution in [0.25, 0.3) is 22.0 Å². The number of carbonyl (C=O) groups excluding carboxylic acids is 1. The number of primary amides is 1. The summed E-state index contributed by atoms with van der Waals surface area (Å²) in [6.45, 7) is 1.96. The van der Waals surface area contributed by atoms with Gasteiger partial charge in [-0.25, -0.2) is 0 Å². The van der Waals surface area contributed by atoms with Crippen LogP contribution in [0.1, 0.15) is 16.1 Å². The topological polar surface area (TPSA) is 84.7 Å². The zero-order chi connectivity index (χ0) is 13.4. The number of nitrogens with one attached hydrogen (secondary N) is 1. The summed E-state index contributed by atoms with van der Waals surface area (Å²) in [7, 11) is 0. The number of rotatable bonds is 2. The number of H-pyrrole nitrogens is 1. The normalized spacial score (nSPS) is 10.8. The lowest BCUT2D eigenvalue weighted by Crippen LogP contribution is -2.11. The van der Waals surface area contributed by atoms with Gasteiger partial charge in [-0.1, -0.05) is 12.1 Å². The van der Waals surface area contributed by atoms with E-state index in [0.717, 1.165) is 27.7 Å². The van der Waals surface area contributed by atoms with Crippen molar-refractivity contribution in [1.82, 2.24) is 15.2 Å². The van der Waals surface area contributed by atoms with Gasteiger partial charge in [-0.15, -0.1) is 0 Å². The van der Waals surface area contributed by atoms with Gasteiger partial charge in [0.05, 0.1) is 23.5 Å². The Morgan fingerprint density at radius 2 is 2.11 bits per heavy atom. The van der Waals surface area contributed by atoms with E-state index in [1.807, 2.05) is 25.1 Å². The molecule has 3 aromatic rings. The fourth-order valence-corrected chi connectivity index (χ4v) is 2.36. The van der Waals surface area contributed by atoms with Crippen LogP contribution >= 0.6 is 0 Å². The highest BCUT2D eigenvalue weighted by atomic mass is 16.1. The molecule has 1 aromatic carbocycles.